The normalized spacial score (nSPS) is 30.2. The van der Waals surface area contributed by atoms with Gasteiger partial charge in [0, 0.05) is 0 Å². The van der Waals surface area contributed by atoms with Crippen LogP contribution in [0.4, 0.5) is 0 Å². The summed E-state index contributed by atoms with van der Waals surface area (Å²) in [6, 6.07) is 0. The smallest absolute Gasteiger partial charge is 0.0859 e. The van der Waals surface area contributed by atoms with Crippen LogP contribution in [0.1, 0.15) is 65.8 Å². The van der Waals surface area contributed by atoms with Crippen LogP contribution in [-0.4, -0.2) is 15.0 Å². The van der Waals surface area contributed by atoms with E-state index in [1.165, 1.54) is 24.2 Å². The molecular weight excluding hydrogens is 246 g/mol. The topological polar surface area (TPSA) is 30.7 Å². The van der Waals surface area contributed by atoms with Crippen LogP contribution >= 0.6 is 0 Å². The second-order valence-electron chi connectivity index (χ2n) is 8.86. The van der Waals surface area contributed by atoms with E-state index in [1.54, 1.807) is 0 Å². The molecule has 1 aromatic rings. The van der Waals surface area contributed by atoms with Crippen LogP contribution in [0.25, 0.3) is 0 Å². The highest BCUT2D eigenvalue weighted by atomic mass is 15.5. The first kappa shape index (κ1) is 14.1. The Kier molecular flexibility index (Phi) is 3.04. The summed E-state index contributed by atoms with van der Waals surface area (Å²) in [6.45, 7) is 13.9. The zero-order chi connectivity index (χ0) is 14.7. The minimum atomic E-state index is 0.0478. The molecule has 0 aliphatic heterocycles. The Morgan fingerprint density at radius 2 is 1.55 bits per heavy atom. The largest absolute Gasteiger partial charge is 0.244 e. The molecule has 0 radical (unpaired) electrons. The van der Waals surface area contributed by atoms with Gasteiger partial charge in [-0.3, -0.25) is 0 Å². The van der Waals surface area contributed by atoms with Gasteiger partial charge in [0.15, 0.2) is 0 Å². The maximum Gasteiger partial charge on any atom is 0.0859 e. The van der Waals surface area contributed by atoms with E-state index in [4.69, 9.17) is 0 Å². The van der Waals surface area contributed by atoms with E-state index >= 15 is 0 Å². The number of aromatic nitrogens is 3. The standard InChI is InChI=1S/C17H29N3/c1-16(2,3)15-11-7-9-13-14(10-8-12(11)15)20(19-18-13)17(4,5)6/h11-12,15H,7-10H2,1-6H3/t11-,12+,15?/m1/s1. The summed E-state index contributed by atoms with van der Waals surface area (Å²) in [6.07, 6.45) is 4.91. The molecule has 1 heterocycles. The fourth-order valence-electron chi connectivity index (χ4n) is 4.44. The van der Waals surface area contributed by atoms with Crippen LogP contribution in [0, 0.1) is 23.2 Å². The van der Waals surface area contributed by atoms with Crippen molar-refractivity contribution in [1.82, 2.24) is 15.0 Å². The molecule has 3 rings (SSSR count). The van der Waals surface area contributed by atoms with E-state index in [0.717, 1.165) is 30.6 Å². The molecule has 3 atom stereocenters. The maximum absolute atomic E-state index is 4.48. The van der Waals surface area contributed by atoms with Gasteiger partial charge < -0.3 is 0 Å². The molecule has 3 nitrogen and oxygen atoms in total. The van der Waals surface area contributed by atoms with Crippen LogP contribution in [0.5, 0.6) is 0 Å². The molecule has 112 valence electrons. The predicted octanol–water partition coefficient (Wildman–Crippen LogP) is 3.82. The molecule has 2 aliphatic carbocycles. The number of rotatable bonds is 0. The zero-order valence-electron chi connectivity index (χ0n) is 13.9. The van der Waals surface area contributed by atoms with Crippen molar-refractivity contribution in [3.05, 3.63) is 11.4 Å². The lowest BCUT2D eigenvalue weighted by Gasteiger charge is -2.22. The summed E-state index contributed by atoms with van der Waals surface area (Å²) in [5.41, 5.74) is 3.18. The average molecular weight is 275 g/mol. The summed E-state index contributed by atoms with van der Waals surface area (Å²) in [4.78, 5) is 0. The van der Waals surface area contributed by atoms with Gasteiger partial charge in [-0.15, -0.1) is 5.10 Å². The molecule has 0 amide bonds. The molecule has 0 saturated heterocycles. The molecule has 3 heteroatoms. The van der Waals surface area contributed by atoms with Crippen molar-refractivity contribution in [2.24, 2.45) is 23.2 Å². The number of hydrogen-bond donors (Lipinski definition) is 0. The van der Waals surface area contributed by atoms with Crippen molar-refractivity contribution in [1.29, 1.82) is 0 Å². The Morgan fingerprint density at radius 1 is 0.950 bits per heavy atom. The van der Waals surface area contributed by atoms with Gasteiger partial charge in [0.25, 0.3) is 0 Å². The fraction of sp³-hybridized carbons (Fsp3) is 0.882. The van der Waals surface area contributed by atoms with Crippen molar-refractivity contribution in [2.75, 3.05) is 0 Å². The molecule has 1 saturated carbocycles. The predicted molar refractivity (Wildman–Crippen MR) is 81.6 cm³/mol. The van der Waals surface area contributed by atoms with E-state index in [1.807, 2.05) is 0 Å². The molecule has 0 spiro atoms. The van der Waals surface area contributed by atoms with Crippen molar-refractivity contribution in [2.45, 2.75) is 72.8 Å². The van der Waals surface area contributed by atoms with Gasteiger partial charge in [0.1, 0.15) is 0 Å². The highest BCUT2D eigenvalue weighted by molar-refractivity contribution is 5.17. The van der Waals surface area contributed by atoms with Crippen molar-refractivity contribution in [3.63, 3.8) is 0 Å². The first-order valence-electron chi connectivity index (χ1n) is 8.13. The van der Waals surface area contributed by atoms with E-state index in [-0.39, 0.29) is 5.54 Å². The Labute approximate surface area is 123 Å². The van der Waals surface area contributed by atoms with E-state index in [2.05, 4.69) is 56.5 Å². The number of aryl methyl sites for hydroxylation is 1. The lowest BCUT2D eigenvalue weighted by molar-refractivity contribution is 0.310. The number of fused-ring (bicyclic) bond motifs is 2. The first-order valence-corrected chi connectivity index (χ1v) is 8.13. The third kappa shape index (κ3) is 2.29. The highest BCUT2D eigenvalue weighted by Crippen LogP contribution is 2.60. The minimum Gasteiger partial charge on any atom is -0.244 e. The van der Waals surface area contributed by atoms with Gasteiger partial charge in [-0.1, -0.05) is 26.0 Å². The second-order valence-corrected chi connectivity index (χ2v) is 8.86. The first-order chi connectivity index (χ1) is 9.19. The molecule has 1 aromatic heterocycles. The van der Waals surface area contributed by atoms with E-state index < -0.39 is 0 Å². The Balaban J connectivity index is 1.82. The zero-order valence-corrected chi connectivity index (χ0v) is 13.9. The van der Waals surface area contributed by atoms with Crippen molar-refractivity contribution < 1.29 is 0 Å². The van der Waals surface area contributed by atoms with Crippen molar-refractivity contribution >= 4 is 0 Å². The van der Waals surface area contributed by atoms with Crippen molar-refractivity contribution in [3.8, 4) is 0 Å². The third-order valence-corrected chi connectivity index (χ3v) is 5.24. The van der Waals surface area contributed by atoms with E-state index in [9.17, 15) is 0 Å². The summed E-state index contributed by atoms with van der Waals surface area (Å²) in [5.74, 6) is 2.79. The molecule has 1 unspecified atom stereocenters. The molecule has 1 fully saturated rings. The molecule has 2 aliphatic rings. The highest BCUT2D eigenvalue weighted by Gasteiger charge is 2.54. The maximum atomic E-state index is 4.48. The molecular formula is C17H29N3. The van der Waals surface area contributed by atoms with Crippen LogP contribution < -0.4 is 0 Å². The monoisotopic (exact) mass is 275 g/mol. The lowest BCUT2D eigenvalue weighted by Crippen LogP contribution is -2.26. The molecule has 0 N–H and O–H groups in total. The Hall–Kier alpha value is -0.860. The quantitative estimate of drug-likeness (QED) is 0.720. The van der Waals surface area contributed by atoms with E-state index in [0.29, 0.717) is 5.41 Å². The number of hydrogen-bond acceptors (Lipinski definition) is 2. The molecule has 0 bridgehead atoms. The van der Waals surface area contributed by atoms with Crippen LogP contribution in [-0.2, 0) is 18.4 Å². The van der Waals surface area contributed by atoms with Crippen LogP contribution in [0.3, 0.4) is 0 Å². The Morgan fingerprint density at radius 3 is 2.10 bits per heavy atom. The van der Waals surface area contributed by atoms with Crippen LogP contribution in [0.15, 0.2) is 0 Å². The number of nitrogens with zero attached hydrogens (tertiary/aromatic N) is 3. The molecule has 20 heavy (non-hydrogen) atoms. The SMILES string of the molecule is CC(C)(C)C1[C@H]2CCc3c(nnn3C(C)(C)C)CC[C@@H]12. The summed E-state index contributed by atoms with van der Waals surface area (Å²) < 4.78 is 2.16. The van der Waals surface area contributed by atoms with Crippen LogP contribution in [0.2, 0.25) is 0 Å². The summed E-state index contributed by atoms with van der Waals surface area (Å²) in [5, 5.41) is 8.90. The Bertz CT molecular complexity index is 501. The van der Waals surface area contributed by atoms with Gasteiger partial charge >= 0.3 is 0 Å². The lowest BCUT2D eigenvalue weighted by atomic mass is 9.87. The van der Waals surface area contributed by atoms with Gasteiger partial charge in [0.05, 0.1) is 16.9 Å². The average Bonchev–Trinajstić information content (AvgIpc) is 2.80. The minimum absolute atomic E-state index is 0.0478. The summed E-state index contributed by atoms with van der Waals surface area (Å²) in [7, 11) is 0. The summed E-state index contributed by atoms with van der Waals surface area (Å²) >= 11 is 0. The van der Waals surface area contributed by atoms with Gasteiger partial charge in [-0.05, 0) is 69.6 Å². The fourth-order valence-corrected chi connectivity index (χ4v) is 4.44. The van der Waals surface area contributed by atoms with Gasteiger partial charge in [0.2, 0.25) is 0 Å². The second kappa shape index (κ2) is 4.32. The molecule has 0 aromatic carbocycles. The van der Waals surface area contributed by atoms with Gasteiger partial charge in [-0.2, -0.15) is 0 Å². The third-order valence-electron chi connectivity index (χ3n) is 5.24. The van der Waals surface area contributed by atoms with Gasteiger partial charge in [-0.25, -0.2) is 4.68 Å².